The van der Waals surface area contributed by atoms with Crippen LogP contribution in [-0.4, -0.2) is 10.3 Å². The Bertz CT molecular complexity index is 295. The van der Waals surface area contributed by atoms with Gasteiger partial charge in [0.1, 0.15) is 0 Å². The molecule has 1 aromatic rings. The largest absolute Gasteiger partial charge is 0.315 e. The average Bonchev–Trinajstić information content (AvgIpc) is 2.09. The Morgan fingerprint density at radius 1 is 1.58 bits per heavy atom. The first-order valence-corrected chi connectivity index (χ1v) is 4.63. The van der Waals surface area contributed by atoms with Crippen LogP contribution in [0.1, 0.15) is 6.92 Å². The van der Waals surface area contributed by atoms with E-state index in [1.165, 1.54) is 0 Å². The van der Waals surface area contributed by atoms with Crippen molar-refractivity contribution in [3.05, 3.63) is 34.7 Å². The van der Waals surface area contributed by atoms with E-state index in [1.54, 1.807) is 16.7 Å². The van der Waals surface area contributed by atoms with E-state index in [-0.39, 0.29) is 5.56 Å². The highest BCUT2D eigenvalue weighted by Crippen LogP contribution is 1.99. The molecule has 0 bridgehead atoms. The van der Waals surface area contributed by atoms with Crippen LogP contribution in [0.4, 0.5) is 0 Å². The lowest BCUT2D eigenvalue weighted by atomic mass is 10.2. The van der Waals surface area contributed by atoms with Crippen molar-refractivity contribution in [2.24, 2.45) is 5.92 Å². The molecule has 2 nitrogen and oxygen atoms in total. The maximum atomic E-state index is 11.2. The monoisotopic (exact) mass is 183 g/mol. The Balaban J connectivity index is 2.76. The molecule has 0 radical (unpaired) electrons. The van der Waals surface area contributed by atoms with E-state index < -0.39 is 0 Å². The third kappa shape index (κ3) is 2.41. The normalized spacial score (nSPS) is 12.8. The number of hydrogen-bond donors (Lipinski definition) is 1. The summed E-state index contributed by atoms with van der Waals surface area (Å²) in [5.41, 5.74) is 0.0612. The molecule has 0 aliphatic carbocycles. The van der Waals surface area contributed by atoms with Gasteiger partial charge in [0.2, 0.25) is 0 Å². The molecule has 66 valence electrons. The van der Waals surface area contributed by atoms with Gasteiger partial charge >= 0.3 is 0 Å². The second kappa shape index (κ2) is 4.36. The van der Waals surface area contributed by atoms with Crippen molar-refractivity contribution in [2.75, 3.05) is 5.75 Å². The highest BCUT2D eigenvalue weighted by molar-refractivity contribution is 7.80. The van der Waals surface area contributed by atoms with Crippen LogP contribution in [0.3, 0.4) is 0 Å². The molecule has 1 atom stereocenters. The van der Waals surface area contributed by atoms with Crippen LogP contribution in [0.5, 0.6) is 0 Å². The highest BCUT2D eigenvalue weighted by Gasteiger charge is 2.00. The summed E-state index contributed by atoms with van der Waals surface area (Å²) in [6.07, 6.45) is 1.81. The number of hydrogen-bond acceptors (Lipinski definition) is 2. The summed E-state index contributed by atoms with van der Waals surface area (Å²) < 4.78 is 1.71. The van der Waals surface area contributed by atoms with Crippen LogP contribution in [0.25, 0.3) is 0 Å². The molecule has 0 amide bonds. The zero-order chi connectivity index (χ0) is 8.97. The number of pyridine rings is 1. The molecule has 1 rings (SSSR count). The predicted octanol–water partition coefficient (Wildman–Crippen LogP) is 1.41. The highest BCUT2D eigenvalue weighted by atomic mass is 32.1. The third-order valence-electron chi connectivity index (χ3n) is 1.72. The van der Waals surface area contributed by atoms with E-state index in [4.69, 9.17) is 0 Å². The summed E-state index contributed by atoms with van der Waals surface area (Å²) in [6, 6.07) is 5.20. The van der Waals surface area contributed by atoms with Gasteiger partial charge < -0.3 is 4.57 Å². The van der Waals surface area contributed by atoms with Gasteiger partial charge in [-0.25, -0.2) is 0 Å². The van der Waals surface area contributed by atoms with Crippen molar-refractivity contribution in [3.8, 4) is 0 Å². The first-order valence-electron chi connectivity index (χ1n) is 4.00. The minimum absolute atomic E-state index is 0.0612. The van der Waals surface area contributed by atoms with Crippen molar-refractivity contribution in [1.82, 2.24) is 4.57 Å². The molecule has 0 aliphatic heterocycles. The number of aromatic nitrogens is 1. The van der Waals surface area contributed by atoms with Crippen molar-refractivity contribution in [1.29, 1.82) is 0 Å². The maximum absolute atomic E-state index is 11.2. The summed E-state index contributed by atoms with van der Waals surface area (Å²) in [7, 11) is 0. The van der Waals surface area contributed by atoms with E-state index in [2.05, 4.69) is 19.6 Å². The van der Waals surface area contributed by atoms with E-state index in [0.29, 0.717) is 5.92 Å². The molecular weight excluding hydrogens is 170 g/mol. The minimum Gasteiger partial charge on any atom is -0.315 e. The van der Waals surface area contributed by atoms with E-state index in [1.807, 2.05) is 12.3 Å². The zero-order valence-electron chi connectivity index (χ0n) is 7.10. The van der Waals surface area contributed by atoms with Gasteiger partial charge in [0.05, 0.1) is 0 Å². The molecule has 0 saturated heterocycles. The fraction of sp³-hybridized carbons (Fsp3) is 0.444. The third-order valence-corrected chi connectivity index (χ3v) is 2.34. The van der Waals surface area contributed by atoms with Crippen LogP contribution in [0.2, 0.25) is 0 Å². The molecule has 0 fully saturated rings. The molecule has 1 unspecified atom stereocenters. The van der Waals surface area contributed by atoms with Gasteiger partial charge in [-0.3, -0.25) is 4.79 Å². The summed E-state index contributed by atoms with van der Waals surface area (Å²) in [5, 5.41) is 0. The average molecular weight is 183 g/mol. The second-order valence-corrected chi connectivity index (χ2v) is 3.34. The molecule has 0 spiro atoms. The van der Waals surface area contributed by atoms with Crippen molar-refractivity contribution in [2.45, 2.75) is 13.5 Å². The van der Waals surface area contributed by atoms with Crippen molar-refractivity contribution in [3.63, 3.8) is 0 Å². The Hall–Kier alpha value is -0.700. The Morgan fingerprint density at radius 2 is 2.33 bits per heavy atom. The molecule has 0 aromatic carbocycles. The van der Waals surface area contributed by atoms with E-state index >= 15 is 0 Å². The van der Waals surface area contributed by atoms with Crippen LogP contribution in [0.15, 0.2) is 29.2 Å². The number of rotatable bonds is 3. The summed E-state index contributed by atoms with van der Waals surface area (Å²) in [5.74, 6) is 1.25. The van der Waals surface area contributed by atoms with Crippen molar-refractivity contribution >= 4 is 12.6 Å². The minimum atomic E-state index is 0.0612. The van der Waals surface area contributed by atoms with Gasteiger partial charge in [0.25, 0.3) is 5.56 Å². The first-order chi connectivity index (χ1) is 5.74. The van der Waals surface area contributed by atoms with Crippen LogP contribution < -0.4 is 5.56 Å². The van der Waals surface area contributed by atoms with Gasteiger partial charge in [-0.05, 0) is 17.7 Å². The topological polar surface area (TPSA) is 22.0 Å². The quantitative estimate of drug-likeness (QED) is 0.703. The Labute approximate surface area is 77.6 Å². The summed E-state index contributed by atoms with van der Waals surface area (Å²) in [6.45, 7) is 2.83. The van der Waals surface area contributed by atoms with E-state index in [0.717, 1.165) is 12.3 Å². The van der Waals surface area contributed by atoms with Gasteiger partial charge in [0.15, 0.2) is 0 Å². The second-order valence-electron chi connectivity index (χ2n) is 2.98. The fourth-order valence-corrected chi connectivity index (χ4v) is 1.12. The van der Waals surface area contributed by atoms with Gasteiger partial charge in [-0.15, -0.1) is 0 Å². The smallest absolute Gasteiger partial charge is 0.250 e. The molecule has 0 aliphatic rings. The first kappa shape index (κ1) is 9.39. The lowest BCUT2D eigenvalue weighted by Gasteiger charge is -2.09. The SMILES string of the molecule is CC(CS)Cn1ccccc1=O. The lowest BCUT2D eigenvalue weighted by molar-refractivity contribution is 0.519. The zero-order valence-corrected chi connectivity index (χ0v) is 8.00. The molecule has 12 heavy (non-hydrogen) atoms. The molecule has 0 N–H and O–H groups in total. The maximum Gasteiger partial charge on any atom is 0.250 e. The number of nitrogens with zero attached hydrogens (tertiary/aromatic N) is 1. The molecule has 0 saturated carbocycles. The predicted molar refractivity (Wildman–Crippen MR) is 53.7 cm³/mol. The van der Waals surface area contributed by atoms with Gasteiger partial charge in [-0.2, -0.15) is 12.6 Å². The lowest BCUT2D eigenvalue weighted by Crippen LogP contribution is -2.21. The van der Waals surface area contributed by atoms with E-state index in [9.17, 15) is 4.79 Å². The summed E-state index contributed by atoms with van der Waals surface area (Å²) >= 11 is 4.16. The van der Waals surface area contributed by atoms with Gasteiger partial charge in [-0.1, -0.05) is 13.0 Å². The summed E-state index contributed by atoms with van der Waals surface area (Å²) in [4.78, 5) is 11.2. The van der Waals surface area contributed by atoms with Crippen LogP contribution in [-0.2, 0) is 6.54 Å². The number of thiol groups is 1. The van der Waals surface area contributed by atoms with Crippen LogP contribution >= 0.6 is 12.6 Å². The fourth-order valence-electron chi connectivity index (χ4n) is 1.01. The molecular formula is C9H13NOS. The van der Waals surface area contributed by atoms with Crippen molar-refractivity contribution < 1.29 is 0 Å². The Morgan fingerprint density at radius 3 is 2.92 bits per heavy atom. The van der Waals surface area contributed by atoms with Gasteiger partial charge in [0, 0.05) is 18.8 Å². The molecule has 3 heteroatoms. The molecule has 1 heterocycles. The standard InChI is InChI=1S/C9H13NOS/c1-8(7-12)6-10-5-3-2-4-9(10)11/h2-5,8,12H,6-7H2,1H3. The molecule has 1 aromatic heterocycles. The Kier molecular flexibility index (Phi) is 3.41. The van der Waals surface area contributed by atoms with Crippen LogP contribution in [0, 0.1) is 5.92 Å².